The van der Waals surface area contributed by atoms with Gasteiger partial charge in [0.1, 0.15) is 5.82 Å². The summed E-state index contributed by atoms with van der Waals surface area (Å²) in [7, 11) is -3.57. The molecule has 1 fully saturated rings. The summed E-state index contributed by atoms with van der Waals surface area (Å²) >= 11 is 5.88. The van der Waals surface area contributed by atoms with Gasteiger partial charge >= 0.3 is 0 Å². The maximum absolute atomic E-state index is 13.1. The van der Waals surface area contributed by atoms with Crippen molar-refractivity contribution in [2.75, 3.05) is 18.4 Å². The molecule has 1 N–H and O–H groups in total. The summed E-state index contributed by atoms with van der Waals surface area (Å²) in [4.78, 5) is 12.4. The van der Waals surface area contributed by atoms with Gasteiger partial charge in [-0.05, 0) is 49.2 Å². The Hall–Kier alpha value is -1.96. The monoisotopic (exact) mass is 382 g/mol. The molecule has 0 spiro atoms. The first kappa shape index (κ1) is 17.8. The number of anilines is 1. The molecule has 1 amide bonds. The van der Waals surface area contributed by atoms with Gasteiger partial charge < -0.3 is 5.32 Å². The summed E-state index contributed by atoms with van der Waals surface area (Å²) in [6.07, 6.45) is 1.69. The molecule has 1 aliphatic rings. The highest BCUT2D eigenvalue weighted by Gasteiger charge is 2.27. The van der Waals surface area contributed by atoms with Crippen molar-refractivity contribution >= 4 is 33.2 Å². The Morgan fingerprint density at radius 1 is 1.12 bits per heavy atom. The van der Waals surface area contributed by atoms with Crippen LogP contribution in [0.1, 0.15) is 23.2 Å². The summed E-state index contributed by atoms with van der Waals surface area (Å²) in [5.74, 6) is -1.08. The molecule has 2 aromatic carbocycles. The molecule has 25 heavy (non-hydrogen) atoms. The number of benzene rings is 2. The Balaban J connectivity index is 1.83. The lowest BCUT2D eigenvalue weighted by atomic mass is 10.2. The molecule has 5 nitrogen and oxygen atoms in total. The van der Waals surface area contributed by atoms with Gasteiger partial charge in [-0.3, -0.25) is 4.79 Å². The molecule has 8 heteroatoms. The normalized spacial score (nSPS) is 15.3. The molecule has 0 unspecified atom stereocenters. The van der Waals surface area contributed by atoms with E-state index >= 15 is 0 Å². The Bertz CT molecular complexity index is 912. The highest BCUT2D eigenvalue weighted by atomic mass is 35.5. The lowest BCUT2D eigenvalue weighted by Crippen LogP contribution is -2.27. The van der Waals surface area contributed by atoms with E-state index in [0.717, 1.165) is 25.0 Å². The number of hydrogen-bond donors (Lipinski definition) is 1. The summed E-state index contributed by atoms with van der Waals surface area (Å²) in [5.41, 5.74) is 0.432. The lowest BCUT2D eigenvalue weighted by molar-refractivity contribution is 0.102. The molecule has 1 saturated heterocycles. The highest BCUT2D eigenvalue weighted by Crippen LogP contribution is 2.24. The van der Waals surface area contributed by atoms with Gasteiger partial charge in [0.05, 0.1) is 15.5 Å². The first-order chi connectivity index (χ1) is 11.9. The van der Waals surface area contributed by atoms with Crippen molar-refractivity contribution in [3.8, 4) is 0 Å². The van der Waals surface area contributed by atoms with Crippen LogP contribution in [0.15, 0.2) is 47.4 Å². The second-order valence-corrected chi connectivity index (χ2v) is 8.06. The van der Waals surface area contributed by atoms with E-state index < -0.39 is 21.7 Å². The van der Waals surface area contributed by atoms with Crippen molar-refractivity contribution in [1.82, 2.24) is 4.31 Å². The van der Waals surface area contributed by atoms with Crippen molar-refractivity contribution in [1.29, 1.82) is 0 Å². The Kier molecular flexibility index (Phi) is 5.08. The van der Waals surface area contributed by atoms with Gasteiger partial charge in [0.25, 0.3) is 5.91 Å². The molecule has 2 aromatic rings. The van der Waals surface area contributed by atoms with Crippen LogP contribution in [0.25, 0.3) is 0 Å². The quantitative estimate of drug-likeness (QED) is 0.879. The average molecular weight is 383 g/mol. The standard InChI is InChI=1S/C17H16ClFN2O3S/c18-16-10-12(19)6-7-15(16)17(22)20-13-4-3-5-14(11-13)25(23,24)21-8-1-2-9-21/h3-7,10-11H,1-2,8-9H2,(H,20,22). The number of rotatable bonds is 4. The Labute approximate surface area is 150 Å². The van der Waals surface area contributed by atoms with Gasteiger partial charge in [0.15, 0.2) is 0 Å². The summed E-state index contributed by atoms with van der Waals surface area (Å²) in [5, 5.41) is 2.58. The number of carbonyl (C=O) groups is 1. The van der Waals surface area contributed by atoms with Crippen LogP contribution in [0, 0.1) is 5.82 Å². The van der Waals surface area contributed by atoms with Gasteiger partial charge in [0.2, 0.25) is 10.0 Å². The first-order valence-corrected chi connectivity index (χ1v) is 9.56. The average Bonchev–Trinajstić information content (AvgIpc) is 3.10. The second kappa shape index (κ2) is 7.11. The van der Waals surface area contributed by atoms with E-state index in [1.807, 2.05) is 0 Å². The molecule has 1 aliphatic heterocycles. The minimum atomic E-state index is -3.57. The fourth-order valence-corrected chi connectivity index (χ4v) is 4.50. The van der Waals surface area contributed by atoms with E-state index in [4.69, 9.17) is 11.6 Å². The van der Waals surface area contributed by atoms with Crippen LogP contribution in [0.3, 0.4) is 0 Å². The van der Waals surface area contributed by atoms with E-state index in [1.165, 1.54) is 22.5 Å². The molecule has 1 heterocycles. The van der Waals surface area contributed by atoms with Crippen LogP contribution >= 0.6 is 11.6 Å². The van der Waals surface area contributed by atoms with Gasteiger partial charge in [-0.2, -0.15) is 4.31 Å². The zero-order chi connectivity index (χ0) is 18.0. The number of halogens is 2. The van der Waals surface area contributed by atoms with Crippen molar-refractivity contribution in [2.24, 2.45) is 0 Å². The Morgan fingerprint density at radius 2 is 1.84 bits per heavy atom. The second-order valence-electron chi connectivity index (χ2n) is 5.72. The summed E-state index contributed by atoms with van der Waals surface area (Å²) in [6, 6.07) is 9.50. The summed E-state index contributed by atoms with van der Waals surface area (Å²) in [6.45, 7) is 1.01. The SMILES string of the molecule is O=C(Nc1cccc(S(=O)(=O)N2CCCC2)c1)c1ccc(F)cc1Cl. The zero-order valence-electron chi connectivity index (χ0n) is 13.2. The van der Waals surface area contributed by atoms with Crippen LogP contribution in [0.2, 0.25) is 5.02 Å². The number of hydrogen-bond acceptors (Lipinski definition) is 3. The fourth-order valence-electron chi connectivity index (χ4n) is 2.68. The van der Waals surface area contributed by atoms with Gasteiger partial charge in [0, 0.05) is 18.8 Å². The molecule has 132 valence electrons. The molecule has 0 aromatic heterocycles. The first-order valence-electron chi connectivity index (χ1n) is 7.74. The van der Waals surface area contributed by atoms with E-state index in [2.05, 4.69) is 5.32 Å². The molecular weight excluding hydrogens is 367 g/mol. The Morgan fingerprint density at radius 3 is 2.52 bits per heavy atom. The van der Waals surface area contributed by atoms with Gasteiger partial charge in [-0.1, -0.05) is 17.7 Å². The molecule has 0 bridgehead atoms. The highest BCUT2D eigenvalue weighted by molar-refractivity contribution is 7.89. The molecule has 0 atom stereocenters. The minimum absolute atomic E-state index is 0.0154. The molecule has 0 aliphatic carbocycles. The van der Waals surface area contributed by atoms with E-state index in [0.29, 0.717) is 18.8 Å². The van der Waals surface area contributed by atoms with Crippen molar-refractivity contribution in [3.63, 3.8) is 0 Å². The predicted octanol–water partition coefficient (Wildman–Crippen LogP) is 3.52. The number of nitrogens with zero attached hydrogens (tertiary/aromatic N) is 1. The maximum Gasteiger partial charge on any atom is 0.257 e. The summed E-state index contributed by atoms with van der Waals surface area (Å²) < 4.78 is 39.7. The van der Waals surface area contributed by atoms with Crippen LogP contribution in [-0.4, -0.2) is 31.7 Å². The minimum Gasteiger partial charge on any atom is -0.322 e. The van der Waals surface area contributed by atoms with Crippen molar-refractivity contribution in [3.05, 3.63) is 58.9 Å². The molecule has 0 saturated carbocycles. The predicted molar refractivity (Wildman–Crippen MR) is 93.8 cm³/mol. The largest absolute Gasteiger partial charge is 0.322 e. The van der Waals surface area contributed by atoms with Gasteiger partial charge in [-0.15, -0.1) is 0 Å². The lowest BCUT2D eigenvalue weighted by Gasteiger charge is -2.16. The smallest absolute Gasteiger partial charge is 0.257 e. The molecule has 3 rings (SSSR count). The van der Waals surface area contributed by atoms with Crippen molar-refractivity contribution < 1.29 is 17.6 Å². The third-order valence-corrected chi connectivity index (χ3v) is 6.18. The fraction of sp³-hybridized carbons (Fsp3) is 0.235. The van der Waals surface area contributed by atoms with Crippen LogP contribution in [-0.2, 0) is 10.0 Å². The zero-order valence-corrected chi connectivity index (χ0v) is 14.8. The number of nitrogens with one attached hydrogen (secondary N) is 1. The van der Waals surface area contributed by atoms with Crippen molar-refractivity contribution in [2.45, 2.75) is 17.7 Å². The molecular formula is C17H16ClFN2O3S. The van der Waals surface area contributed by atoms with Crippen LogP contribution in [0.4, 0.5) is 10.1 Å². The number of carbonyl (C=O) groups excluding carboxylic acids is 1. The van der Waals surface area contributed by atoms with E-state index in [9.17, 15) is 17.6 Å². The molecule has 0 radical (unpaired) electrons. The third kappa shape index (κ3) is 3.84. The van der Waals surface area contributed by atoms with Crippen LogP contribution < -0.4 is 5.32 Å². The van der Waals surface area contributed by atoms with Gasteiger partial charge in [-0.25, -0.2) is 12.8 Å². The van der Waals surface area contributed by atoms with E-state index in [-0.39, 0.29) is 15.5 Å². The third-order valence-electron chi connectivity index (χ3n) is 3.97. The number of amides is 1. The van der Waals surface area contributed by atoms with Crippen LogP contribution in [0.5, 0.6) is 0 Å². The number of sulfonamides is 1. The topological polar surface area (TPSA) is 66.5 Å². The van der Waals surface area contributed by atoms with E-state index in [1.54, 1.807) is 12.1 Å². The maximum atomic E-state index is 13.1.